The van der Waals surface area contributed by atoms with Crippen molar-refractivity contribution in [2.24, 2.45) is 0 Å². The van der Waals surface area contributed by atoms with Crippen LogP contribution in [0.15, 0.2) is 91.5 Å². The zero-order valence-electron chi connectivity index (χ0n) is 14.1. The normalized spacial score (nSPS) is 10.6. The second-order valence-corrected chi connectivity index (χ2v) is 6.15. The van der Waals surface area contributed by atoms with Crippen molar-refractivity contribution in [1.82, 2.24) is 9.97 Å². The average molecular weight is 322 g/mol. The van der Waals surface area contributed by atoms with E-state index in [4.69, 9.17) is 0 Å². The van der Waals surface area contributed by atoms with Crippen LogP contribution in [0.5, 0.6) is 0 Å². The van der Waals surface area contributed by atoms with Crippen LogP contribution in [0.25, 0.3) is 33.4 Å². The van der Waals surface area contributed by atoms with Gasteiger partial charge in [0, 0.05) is 35.9 Å². The number of hydrogen-bond acceptors (Lipinski definition) is 2. The molecule has 2 heterocycles. The lowest BCUT2D eigenvalue weighted by Crippen LogP contribution is -1.87. The van der Waals surface area contributed by atoms with Crippen LogP contribution in [0.2, 0.25) is 0 Å². The van der Waals surface area contributed by atoms with Gasteiger partial charge < -0.3 is 0 Å². The Morgan fingerprint density at radius 2 is 1.00 bits per heavy atom. The summed E-state index contributed by atoms with van der Waals surface area (Å²) in [7, 11) is 0. The monoisotopic (exact) mass is 322 g/mol. The lowest BCUT2D eigenvalue weighted by molar-refractivity contribution is 1.32. The lowest BCUT2D eigenvalue weighted by Gasteiger charge is -2.11. The summed E-state index contributed by atoms with van der Waals surface area (Å²) >= 11 is 0. The Morgan fingerprint density at radius 3 is 1.44 bits per heavy atom. The standard InChI is InChI=1S/C23H18N2/c1-17-6-8-18(9-7-17)21-12-22(19-4-2-10-24-15-19)14-23(13-21)20-5-3-11-25-16-20/h2-16H,1H3. The Hall–Kier alpha value is -3.26. The van der Waals surface area contributed by atoms with Crippen LogP contribution in [-0.4, -0.2) is 9.97 Å². The number of nitrogens with zero attached hydrogens (tertiary/aromatic N) is 2. The predicted octanol–water partition coefficient (Wildman–Crippen LogP) is 5.79. The summed E-state index contributed by atoms with van der Waals surface area (Å²) in [6.07, 6.45) is 7.41. The van der Waals surface area contributed by atoms with E-state index in [9.17, 15) is 0 Å². The van der Waals surface area contributed by atoms with Gasteiger partial charge in [0.15, 0.2) is 0 Å². The van der Waals surface area contributed by atoms with Crippen LogP contribution < -0.4 is 0 Å². The maximum Gasteiger partial charge on any atom is 0.0346 e. The average Bonchev–Trinajstić information content (AvgIpc) is 2.69. The minimum Gasteiger partial charge on any atom is -0.264 e. The van der Waals surface area contributed by atoms with E-state index in [1.807, 2.05) is 24.5 Å². The number of rotatable bonds is 3. The summed E-state index contributed by atoms with van der Waals surface area (Å²) in [5.41, 5.74) is 8.21. The zero-order chi connectivity index (χ0) is 17.1. The molecule has 0 amide bonds. The van der Waals surface area contributed by atoms with Crippen molar-refractivity contribution in [3.63, 3.8) is 0 Å². The molecular weight excluding hydrogens is 304 g/mol. The van der Waals surface area contributed by atoms with E-state index in [1.165, 1.54) is 16.7 Å². The minimum absolute atomic E-state index is 1.11. The van der Waals surface area contributed by atoms with Crippen molar-refractivity contribution < 1.29 is 0 Å². The molecule has 0 saturated heterocycles. The molecule has 0 N–H and O–H groups in total. The summed E-state index contributed by atoms with van der Waals surface area (Å²) in [6, 6.07) is 23.4. The zero-order valence-corrected chi connectivity index (χ0v) is 14.1. The van der Waals surface area contributed by atoms with Crippen molar-refractivity contribution in [2.75, 3.05) is 0 Å². The van der Waals surface area contributed by atoms with Crippen LogP contribution in [0.3, 0.4) is 0 Å². The topological polar surface area (TPSA) is 25.8 Å². The van der Waals surface area contributed by atoms with Crippen molar-refractivity contribution in [1.29, 1.82) is 0 Å². The van der Waals surface area contributed by atoms with E-state index in [2.05, 4.69) is 71.5 Å². The van der Waals surface area contributed by atoms with Gasteiger partial charge in [-0.15, -0.1) is 0 Å². The number of aromatic nitrogens is 2. The third-order valence-electron chi connectivity index (χ3n) is 4.31. The van der Waals surface area contributed by atoms with E-state index in [-0.39, 0.29) is 0 Å². The summed E-state index contributed by atoms with van der Waals surface area (Å²) < 4.78 is 0. The van der Waals surface area contributed by atoms with Crippen LogP contribution in [-0.2, 0) is 0 Å². The van der Waals surface area contributed by atoms with Crippen LogP contribution in [0, 0.1) is 6.92 Å². The van der Waals surface area contributed by atoms with Crippen molar-refractivity contribution >= 4 is 0 Å². The van der Waals surface area contributed by atoms with E-state index in [0.29, 0.717) is 0 Å². The van der Waals surface area contributed by atoms with E-state index in [0.717, 1.165) is 22.3 Å². The van der Waals surface area contributed by atoms with Gasteiger partial charge in [-0.05, 0) is 59.5 Å². The lowest BCUT2D eigenvalue weighted by atomic mass is 9.94. The Labute approximate surface area is 147 Å². The third-order valence-corrected chi connectivity index (χ3v) is 4.31. The number of pyridine rings is 2. The smallest absolute Gasteiger partial charge is 0.0346 e. The van der Waals surface area contributed by atoms with Crippen LogP contribution in [0.4, 0.5) is 0 Å². The quantitative estimate of drug-likeness (QED) is 0.477. The second-order valence-electron chi connectivity index (χ2n) is 6.15. The van der Waals surface area contributed by atoms with Crippen molar-refractivity contribution in [2.45, 2.75) is 6.92 Å². The van der Waals surface area contributed by atoms with Crippen LogP contribution >= 0.6 is 0 Å². The molecule has 2 heteroatoms. The maximum absolute atomic E-state index is 4.27. The summed E-state index contributed by atoms with van der Waals surface area (Å²) in [5.74, 6) is 0. The fourth-order valence-electron chi connectivity index (χ4n) is 2.94. The molecule has 0 unspecified atom stereocenters. The van der Waals surface area contributed by atoms with E-state index >= 15 is 0 Å². The predicted molar refractivity (Wildman–Crippen MR) is 103 cm³/mol. The molecule has 2 aromatic carbocycles. The van der Waals surface area contributed by atoms with Crippen molar-refractivity contribution in [3.8, 4) is 33.4 Å². The Bertz CT molecular complexity index is 918. The first-order valence-corrected chi connectivity index (χ1v) is 8.32. The number of hydrogen-bond donors (Lipinski definition) is 0. The fourth-order valence-corrected chi connectivity index (χ4v) is 2.94. The highest BCUT2D eigenvalue weighted by Crippen LogP contribution is 2.32. The molecule has 0 radical (unpaired) electrons. The largest absolute Gasteiger partial charge is 0.264 e. The molecule has 0 spiro atoms. The first-order chi connectivity index (χ1) is 12.3. The Morgan fingerprint density at radius 1 is 0.520 bits per heavy atom. The summed E-state index contributed by atoms with van der Waals surface area (Å²) in [6.45, 7) is 2.11. The number of aryl methyl sites for hydroxylation is 1. The Balaban J connectivity index is 1.90. The van der Waals surface area contributed by atoms with Gasteiger partial charge in [-0.1, -0.05) is 42.0 Å². The molecule has 0 fully saturated rings. The van der Waals surface area contributed by atoms with Gasteiger partial charge in [0.1, 0.15) is 0 Å². The molecule has 25 heavy (non-hydrogen) atoms. The molecule has 0 atom stereocenters. The van der Waals surface area contributed by atoms with Gasteiger partial charge in [0.2, 0.25) is 0 Å². The highest BCUT2D eigenvalue weighted by Gasteiger charge is 2.07. The summed E-state index contributed by atoms with van der Waals surface area (Å²) in [5, 5.41) is 0. The Kier molecular flexibility index (Phi) is 4.09. The highest BCUT2D eigenvalue weighted by atomic mass is 14.6. The molecule has 2 nitrogen and oxygen atoms in total. The molecule has 0 saturated carbocycles. The van der Waals surface area contributed by atoms with E-state index in [1.54, 1.807) is 12.4 Å². The third kappa shape index (κ3) is 3.33. The second kappa shape index (κ2) is 6.70. The SMILES string of the molecule is Cc1ccc(-c2cc(-c3cccnc3)cc(-c3cccnc3)c2)cc1. The number of benzene rings is 2. The molecule has 2 aromatic heterocycles. The molecule has 4 aromatic rings. The fraction of sp³-hybridized carbons (Fsp3) is 0.0435. The molecule has 0 bridgehead atoms. The molecule has 0 aliphatic heterocycles. The van der Waals surface area contributed by atoms with Gasteiger partial charge in [0.25, 0.3) is 0 Å². The molecular formula is C23H18N2. The van der Waals surface area contributed by atoms with Gasteiger partial charge in [-0.3, -0.25) is 9.97 Å². The van der Waals surface area contributed by atoms with E-state index < -0.39 is 0 Å². The molecule has 0 aliphatic carbocycles. The maximum atomic E-state index is 4.27. The first-order valence-electron chi connectivity index (χ1n) is 8.32. The van der Waals surface area contributed by atoms with Gasteiger partial charge in [0.05, 0.1) is 0 Å². The summed E-state index contributed by atoms with van der Waals surface area (Å²) in [4.78, 5) is 8.53. The van der Waals surface area contributed by atoms with Gasteiger partial charge in [-0.2, -0.15) is 0 Å². The van der Waals surface area contributed by atoms with Gasteiger partial charge in [-0.25, -0.2) is 0 Å². The molecule has 0 aliphatic rings. The molecule has 120 valence electrons. The van der Waals surface area contributed by atoms with Gasteiger partial charge >= 0.3 is 0 Å². The molecule has 4 rings (SSSR count). The minimum atomic E-state index is 1.11. The van der Waals surface area contributed by atoms with Crippen molar-refractivity contribution in [3.05, 3.63) is 97.1 Å². The van der Waals surface area contributed by atoms with Crippen LogP contribution in [0.1, 0.15) is 5.56 Å². The first kappa shape index (κ1) is 15.3. The highest BCUT2D eigenvalue weighted by molar-refractivity contribution is 5.80.